The number of piperidine rings is 1. The van der Waals surface area contributed by atoms with E-state index < -0.39 is 0 Å². The molecule has 0 aromatic heterocycles. The second kappa shape index (κ2) is 9.78. The highest BCUT2D eigenvalue weighted by molar-refractivity contribution is 6.42. The first-order valence-corrected chi connectivity index (χ1v) is 11.5. The first-order chi connectivity index (χ1) is 14.9. The maximum Gasteiger partial charge on any atom is 0.253 e. The molecule has 2 aliphatic rings. The molecule has 2 aromatic carbocycles. The van der Waals surface area contributed by atoms with E-state index in [-0.39, 0.29) is 23.8 Å². The lowest BCUT2D eigenvalue weighted by Crippen LogP contribution is -2.50. The van der Waals surface area contributed by atoms with Gasteiger partial charge >= 0.3 is 0 Å². The quantitative estimate of drug-likeness (QED) is 0.613. The zero-order chi connectivity index (χ0) is 22.0. The molecule has 5 nitrogen and oxygen atoms in total. The van der Waals surface area contributed by atoms with Gasteiger partial charge in [-0.15, -0.1) is 0 Å². The van der Waals surface area contributed by atoms with Crippen LogP contribution in [-0.4, -0.2) is 54.4 Å². The molecule has 31 heavy (non-hydrogen) atoms. The fraction of sp³-hybridized carbons (Fsp3) is 0.391. The number of rotatable bonds is 3. The van der Waals surface area contributed by atoms with Gasteiger partial charge in [0, 0.05) is 30.2 Å². The third-order valence-corrected chi connectivity index (χ3v) is 6.84. The molecule has 0 bridgehead atoms. The van der Waals surface area contributed by atoms with Crippen LogP contribution in [-0.2, 0) is 9.53 Å². The number of carbonyl (C=O) groups excluding carboxylic acids is 2. The van der Waals surface area contributed by atoms with Crippen molar-refractivity contribution in [3.05, 3.63) is 68.7 Å². The van der Waals surface area contributed by atoms with Gasteiger partial charge in [0.2, 0.25) is 5.91 Å². The fourth-order valence-electron chi connectivity index (χ4n) is 4.16. The smallest absolute Gasteiger partial charge is 0.253 e. The molecule has 2 aliphatic heterocycles. The van der Waals surface area contributed by atoms with Crippen LogP contribution in [0, 0.1) is 5.92 Å². The second-order valence-corrected chi connectivity index (χ2v) is 9.17. The number of halogens is 3. The molecule has 2 aromatic rings. The average molecular weight is 482 g/mol. The van der Waals surface area contributed by atoms with Crippen molar-refractivity contribution in [2.75, 3.05) is 32.8 Å². The van der Waals surface area contributed by atoms with Gasteiger partial charge in [0.05, 0.1) is 29.1 Å². The van der Waals surface area contributed by atoms with Gasteiger partial charge in [-0.05, 0) is 48.7 Å². The lowest BCUT2D eigenvalue weighted by atomic mass is 9.95. The summed E-state index contributed by atoms with van der Waals surface area (Å²) < 4.78 is 5.88. The van der Waals surface area contributed by atoms with Crippen LogP contribution in [0.2, 0.25) is 15.1 Å². The summed E-state index contributed by atoms with van der Waals surface area (Å²) in [5.41, 5.74) is 1.48. The van der Waals surface area contributed by atoms with Crippen molar-refractivity contribution in [1.29, 1.82) is 0 Å². The van der Waals surface area contributed by atoms with Crippen molar-refractivity contribution in [1.82, 2.24) is 9.80 Å². The predicted molar refractivity (Wildman–Crippen MR) is 122 cm³/mol. The molecule has 4 rings (SSSR count). The Morgan fingerprint density at radius 1 is 0.903 bits per heavy atom. The lowest BCUT2D eigenvalue weighted by Gasteiger charge is -2.38. The van der Waals surface area contributed by atoms with Crippen molar-refractivity contribution >= 4 is 46.6 Å². The van der Waals surface area contributed by atoms with Crippen molar-refractivity contribution in [2.45, 2.75) is 18.9 Å². The topological polar surface area (TPSA) is 49.9 Å². The third kappa shape index (κ3) is 5.17. The monoisotopic (exact) mass is 480 g/mol. The van der Waals surface area contributed by atoms with E-state index in [1.54, 1.807) is 23.1 Å². The highest BCUT2D eigenvalue weighted by atomic mass is 35.5. The van der Waals surface area contributed by atoms with Crippen LogP contribution in [0.1, 0.15) is 34.9 Å². The summed E-state index contributed by atoms with van der Waals surface area (Å²) in [5, 5.41) is 1.42. The van der Waals surface area contributed by atoms with E-state index in [1.165, 1.54) is 0 Å². The van der Waals surface area contributed by atoms with Gasteiger partial charge in [-0.1, -0.05) is 46.9 Å². The molecule has 8 heteroatoms. The summed E-state index contributed by atoms with van der Waals surface area (Å²) in [7, 11) is 0. The number of carbonyl (C=O) groups is 2. The Labute approximate surface area is 196 Å². The van der Waals surface area contributed by atoms with Crippen molar-refractivity contribution in [2.24, 2.45) is 5.92 Å². The van der Waals surface area contributed by atoms with Crippen LogP contribution in [0.5, 0.6) is 0 Å². The minimum Gasteiger partial charge on any atom is -0.370 e. The first-order valence-electron chi connectivity index (χ1n) is 10.3. The van der Waals surface area contributed by atoms with Gasteiger partial charge in [-0.25, -0.2) is 0 Å². The fourth-order valence-corrected chi connectivity index (χ4v) is 4.59. The van der Waals surface area contributed by atoms with Gasteiger partial charge in [-0.2, -0.15) is 0 Å². The van der Waals surface area contributed by atoms with Crippen LogP contribution < -0.4 is 0 Å². The second-order valence-electron chi connectivity index (χ2n) is 7.91. The summed E-state index contributed by atoms with van der Waals surface area (Å²) >= 11 is 18.0. The Hall–Kier alpha value is -1.79. The minimum atomic E-state index is -0.218. The number of ether oxygens (including phenoxy) is 1. The van der Waals surface area contributed by atoms with Gasteiger partial charge in [-0.3, -0.25) is 9.59 Å². The van der Waals surface area contributed by atoms with Gasteiger partial charge in [0.25, 0.3) is 5.91 Å². The maximum absolute atomic E-state index is 13.3. The Balaban J connectivity index is 1.41. The van der Waals surface area contributed by atoms with E-state index in [0.717, 1.165) is 18.4 Å². The SMILES string of the molecule is O=C(c1ccc(Cl)c(Cl)c1)N1CCCC(C(=O)N2CCOC(c3ccc(Cl)cc3)C2)C1. The maximum atomic E-state index is 13.3. The molecule has 0 radical (unpaired) electrons. The summed E-state index contributed by atoms with van der Waals surface area (Å²) in [6.07, 6.45) is 1.38. The van der Waals surface area contributed by atoms with Gasteiger partial charge in [0.1, 0.15) is 6.10 Å². The number of hydrogen-bond acceptors (Lipinski definition) is 3. The molecule has 0 spiro atoms. The van der Waals surface area contributed by atoms with Crippen LogP contribution >= 0.6 is 34.8 Å². The number of hydrogen-bond donors (Lipinski definition) is 0. The molecular weight excluding hydrogens is 459 g/mol. The van der Waals surface area contributed by atoms with E-state index in [0.29, 0.717) is 53.4 Å². The molecule has 164 valence electrons. The van der Waals surface area contributed by atoms with Gasteiger partial charge < -0.3 is 14.5 Å². The molecule has 2 heterocycles. The molecule has 0 saturated carbocycles. The van der Waals surface area contributed by atoms with Crippen molar-refractivity contribution in [3.8, 4) is 0 Å². The van der Waals surface area contributed by atoms with E-state index in [4.69, 9.17) is 39.5 Å². The van der Waals surface area contributed by atoms with E-state index in [2.05, 4.69) is 0 Å². The van der Waals surface area contributed by atoms with Gasteiger partial charge in [0.15, 0.2) is 0 Å². The average Bonchev–Trinajstić information content (AvgIpc) is 2.80. The largest absolute Gasteiger partial charge is 0.370 e. The van der Waals surface area contributed by atoms with Crippen molar-refractivity contribution < 1.29 is 14.3 Å². The van der Waals surface area contributed by atoms with E-state index in [1.807, 2.05) is 29.2 Å². The summed E-state index contributed by atoms with van der Waals surface area (Å²) in [6.45, 7) is 2.57. The lowest BCUT2D eigenvalue weighted by molar-refractivity contribution is -0.144. The normalized spacial score (nSPS) is 21.8. The highest BCUT2D eigenvalue weighted by Gasteiger charge is 2.34. The number of nitrogens with zero attached hydrogens (tertiary/aromatic N) is 2. The van der Waals surface area contributed by atoms with Crippen LogP contribution in [0.25, 0.3) is 0 Å². The zero-order valence-electron chi connectivity index (χ0n) is 16.9. The highest BCUT2D eigenvalue weighted by Crippen LogP contribution is 2.28. The summed E-state index contributed by atoms with van der Waals surface area (Å²) in [6, 6.07) is 12.4. The molecular formula is C23H23Cl3N2O3. The van der Waals surface area contributed by atoms with Crippen molar-refractivity contribution in [3.63, 3.8) is 0 Å². The number of amides is 2. The predicted octanol–water partition coefficient (Wildman–Crippen LogP) is 5.10. The standard InChI is InChI=1S/C23H23Cl3N2O3/c24-18-6-3-15(4-7-18)21-14-28(10-11-31-21)23(30)17-2-1-9-27(13-17)22(29)16-5-8-19(25)20(26)12-16/h3-8,12,17,21H,1-2,9-11,13-14H2. The molecule has 2 saturated heterocycles. The molecule has 2 atom stereocenters. The molecule has 2 unspecified atom stereocenters. The molecule has 0 N–H and O–H groups in total. The molecule has 0 aliphatic carbocycles. The van der Waals surface area contributed by atoms with E-state index in [9.17, 15) is 9.59 Å². The van der Waals surface area contributed by atoms with E-state index >= 15 is 0 Å². The van der Waals surface area contributed by atoms with Crippen LogP contribution in [0.15, 0.2) is 42.5 Å². The third-order valence-electron chi connectivity index (χ3n) is 5.84. The summed E-state index contributed by atoms with van der Waals surface area (Å²) in [5.74, 6) is -0.268. The number of morpholine rings is 1. The zero-order valence-corrected chi connectivity index (χ0v) is 19.2. The number of benzene rings is 2. The number of likely N-dealkylation sites (tertiary alicyclic amines) is 1. The molecule has 2 amide bonds. The first kappa shape index (κ1) is 22.4. The Morgan fingerprint density at radius 3 is 2.42 bits per heavy atom. The minimum absolute atomic E-state index is 0.0777. The van der Waals surface area contributed by atoms with Crippen LogP contribution in [0.4, 0.5) is 0 Å². The summed E-state index contributed by atoms with van der Waals surface area (Å²) in [4.78, 5) is 29.8. The Kier molecular flexibility index (Phi) is 7.07. The Bertz CT molecular complexity index is 967. The van der Waals surface area contributed by atoms with Crippen LogP contribution in [0.3, 0.4) is 0 Å². The Morgan fingerprint density at radius 2 is 1.68 bits per heavy atom. The molecule has 2 fully saturated rings.